The number of carbonyl (C=O) groups is 2. The van der Waals surface area contributed by atoms with E-state index in [0.29, 0.717) is 6.42 Å². The van der Waals surface area contributed by atoms with E-state index in [9.17, 15) is 9.59 Å². The van der Waals surface area contributed by atoms with Gasteiger partial charge in [0.25, 0.3) is 0 Å². The van der Waals surface area contributed by atoms with Crippen LogP contribution < -0.4 is 10.6 Å². The minimum absolute atomic E-state index is 0.0377. The fraction of sp³-hybridized carbons (Fsp3) is 0.222. The van der Waals surface area contributed by atoms with E-state index < -0.39 is 18.0 Å². The van der Waals surface area contributed by atoms with E-state index in [0.717, 1.165) is 11.3 Å². The fourth-order valence-electron chi connectivity index (χ4n) is 1.90. The summed E-state index contributed by atoms with van der Waals surface area (Å²) < 4.78 is 0. The maximum atomic E-state index is 10.7. The van der Waals surface area contributed by atoms with E-state index in [2.05, 4.69) is 10.6 Å². The molecule has 2 aromatic rings. The molecule has 4 N–H and O–H groups in total. The largest absolute Gasteiger partial charge is 0.480 e. The molecule has 0 saturated carbocycles. The normalized spacial score (nSPS) is 10.9. The second-order valence-corrected chi connectivity index (χ2v) is 4.98. The highest BCUT2D eigenvalue weighted by Gasteiger charge is 2.14. The quantitative estimate of drug-likeness (QED) is 0.620. The summed E-state index contributed by atoms with van der Waals surface area (Å²) in [6, 6.07) is 18.3. The molecule has 1 atom stereocenters. The fourth-order valence-corrected chi connectivity index (χ4v) is 1.90. The van der Waals surface area contributed by atoms with Crippen molar-refractivity contribution in [1.82, 2.24) is 5.32 Å². The summed E-state index contributed by atoms with van der Waals surface area (Å²) in [5.74, 6) is -1.67. The maximum absolute atomic E-state index is 10.7. The Balaban J connectivity index is 0.000000243. The molecule has 0 aliphatic carbocycles. The van der Waals surface area contributed by atoms with Gasteiger partial charge in [0, 0.05) is 5.69 Å². The number of hydrogen-bond donors (Lipinski definition) is 4. The van der Waals surface area contributed by atoms with Gasteiger partial charge in [0.05, 0.1) is 0 Å². The lowest BCUT2D eigenvalue weighted by Crippen LogP contribution is -2.35. The Morgan fingerprint density at radius 1 is 0.958 bits per heavy atom. The first-order valence-corrected chi connectivity index (χ1v) is 7.47. The Morgan fingerprint density at radius 3 is 1.96 bits per heavy atom. The zero-order valence-corrected chi connectivity index (χ0v) is 13.5. The van der Waals surface area contributed by atoms with Crippen LogP contribution in [0.3, 0.4) is 0 Å². The SMILES string of the molecule is CN[C@@H](Cc1ccccc1)C(=O)O.O=C(O)CNc1ccccc1. The monoisotopic (exact) mass is 330 g/mol. The lowest BCUT2D eigenvalue weighted by Gasteiger charge is -2.10. The van der Waals surface area contributed by atoms with Crippen LogP contribution in [0.25, 0.3) is 0 Å². The summed E-state index contributed by atoms with van der Waals surface area (Å²) in [6.45, 7) is -0.0377. The lowest BCUT2D eigenvalue weighted by atomic mass is 10.1. The Kier molecular flexibility index (Phi) is 8.63. The zero-order chi connectivity index (χ0) is 17.8. The first-order valence-electron chi connectivity index (χ1n) is 7.47. The number of aliphatic carboxylic acids is 2. The minimum atomic E-state index is -0.853. The minimum Gasteiger partial charge on any atom is -0.480 e. The molecule has 0 unspecified atom stereocenters. The first kappa shape index (κ1) is 19.2. The van der Waals surface area contributed by atoms with Gasteiger partial charge in [0.1, 0.15) is 12.6 Å². The van der Waals surface area contributed by atoms with Crippen molar-refractivity contribution in [1.29, 1.82) is 0 Å². The molecule has 0 amide bonds. The number of likely N-dealkylation sites (N-methyl/N-ethyl adjacent to an activating group) is 1. The Labute approximate surface area is 141 Å². The summed E-state index contributed by atoms with van der Waals surface area (Å²) >= 11 is 0. The van der Waals surface area contributed by atoms with Crippen LogP contribution in [-0.4, -0.2) is 41.8 Å². The predicted octanol–water partition coefficient (Wildman–Crippen LogP) is 2.08. The predicted molar refractivity (Wildman–Crippen MR) is 93.2 cm³/mol. The molecule has 0 fully saturated rings. The summed E-state index contributed by atoms with van der Waals surface area (Å²) in [6.07, 6.45) is 0.521. The summed E-state index contributed by atoms with van der Waals surface area (Å²) in [4.78, 5) is 20.8. The van der Waals surface area contributed by atoms with E-state index in [-0.39, 0.29) is 6.54 Å². The Bertz CT molecular complexity index is 617. The molecule has 0 aromatic heterocycles. The van der Waals surface area contributed by atoms with E-state index >= 15 is 0 Å². The second-order valence-electron chi connectivity index (χ2n) is 4.98. The highest BCUT2D eigenvalue weighted by molar-refractivity contribution is 5.74. The van der Waals surface area contributed by atoms with Gasteiger partial charge in [-0.3, -0.25) is 9.59 Å². The van der Waals surface area contributed by atoms with Gasteiger partial charge in [-0.05, 0) is 31.2 Å². The van der Waals surface area contributed by atoms with Crippen molar-refractivity contribution in [2.24, 2.45) is 0 Å². The molecule has 6 heteroatoms. The lowest BCUT2D eigenvalue weighted by molar-refractivity contribution is -0.139. The van der Waals surface area contributed by atoms with Crippen LogP contribution in [0.15, 0.2) is 60.7 Å². The van der Waals surface area contributed by atoms with Crippen molar-refractivity contribution in [2.75, 3.05) is 18.9 Å². The van der Waals surface area contributed by atoms with Crippen molar-refractivity contribution in [3.63, 3.8) is 0 Å². The van der Waals surface area contributed by atoms with Crippen molar-refractivity contribution in [3.05, 3.63) is 66.2 Å². The van der Waals surface area contributed by atoms with Crippen molar-refractivity contribution >= 4 is 17.6 Å². The summed E-state index contributed by atoms with van der Waals surface area (Å²) in [5, 5.41) is 22.6. The van der Waals surface area contributed by atoms with E-state index in [4.69, 9.17) is 10.2 Å². The van der Waals surface area contributed by atoms with Gasteiger partial charge < -0.3 is 20.8 Å². The average Bonchev–Trinajstić information content (AvgIpc) is 2.60. The number of nitrogens with one attached hydrogen (secondary N) is 2. The van der Waals surface area contributed by atoms with Gasteiger partial charge >= 0.3 is 11.9 Å². The molecular formula is C18H22N2O4. The smallest absolute Gasteiger partial charge is 0.322 e. The van der Waals surface area contributed by atoms with Crippen molar-refractivity contribution in [3.8, 4) is 0 Å². The van der Waals surface area contributed by atoms with E-state index in [1.165, 1.54) is 0 Å². The van der Waals surface area contributed by atoms with Crippen molar-refractivity contribution in [2.45, 2.75) is 12.5 Å². The molecule has 2 aromatic carbocycles. The highest BCUT2D eigenvalue weighted by Crippen LogP contribution is 2.03. The maximum Gasteiger partial charge on any atom is 0.322 e. The molecule has 2 rings (SSSR count). The van der Waals surface area contributed by atoms with Crippen molar-refractivity contribution < 1.29 is 19.8 Å². The number of anilines is 1. The van der Waals surface area contributed by atoms with Crippen LogP contribution in [0.2, 0.25) is 0 Å². The molecule has 0 aliphatic heterocycles. The third-order valence-electron chi connectivity index (χ3n) is 3.15. The molecule has 24 heavy (non-hydrogen) atoms. The topological polar surface area (TPSA) is 98.7 Å². The molecule has 128 valence electrons. The molecule has 0 radical (unpaired) electrons. The number of carboxylic acids is 2. The van der Waals surface area contributed by atoms with Gasteiger partial charge in [0.15, 0.2) is 0 Å². The molecule has 0 spiro atoms. The number of benzene rings is 2. The van der Waals surface area contributed by atoms with Gasteiger partial charge in [-0.25, -0.2) is 0 Å². The third-order valence-corrected chi connectivity index (χ3v) is 3.15. The standard InChI is InChI=1S/C10H13NO2.C8H9NO2/c1-11-9(10(12)13)7-8-5-3-2-4-6-8;10-8(11)6-9-7-4-2-1-3-5-7/h2-6,9,11H,7H2,1H3,(H,12,13);1-5,9H,6H2,(H,10,11)/t9-;/m0./s1. The van der Waals surface area contributed by atoms with Crippen LogP contribution in [0.5, 0.6) is 0 Å². The molecule has 0 bridgehead atoms. The molecule has 6 nitrogen and oxygen atoms in total. The van der Waals surface area contributed by atoms with Gasteiger partial charge in [-0.2, -0.15) is 0 Å². The third kappa shape index (κ3) is 7.95. The molecule has 0 aliphatic rings. The number of rotatable bonds is 7. The number of carboxylic acid groups (broad SMARTS) is 2. The molecule has 0 saturated heterocycles. The average molecular weight is 330 g/mol. The first-order chi connectivity index (χ1) is 11.5. The van der Waals surface area contributed by atoms with Crippen LogP contribution in [0.1, 0.15) is 5.56 Å². The summed E-state index contributed by atoms with van der Waals surface area (Å²) in [5.41, 5.74) is 1.86. The van der Waals surface area contributed by atoms with Crippen LogP contribution in [0.4, 0.5) is 5.69 Å². The zero-order valence-electron chi connectivity index (χ0n) is 13.5. The Morgan fingerprint density at radius 2 is 1.50 bits per heavy atom. The highest BCUT2D eigenvalue weighted by atomic mass is 16.4. The molecule has 0 heterocycles. The van der Waals surface area contributed by atoms with Gasteiger partial charge in [-0.15, -0.1) is 0 Å². The number of hydrogen-bond acceptors (Lipinski definition) is 4. The Hall–Kier alpha value is -2.86. The second kappa shape index (κ2) is 10.8. The van der Waals surface area contributed by atoms with Crippen LogP contribution in [-0.2, 0) is 16.0 Å². The molecular weight excluding hydrogens is 308 g/mol. The number of para-hydroxylation sites is 1. The summed E-state index contributed by atoms with van der Waals surface area (Å²) in [7, 11) is 1.65. The van der Waals surface area contributed by atoms with Gasteiger partial charge in [-0.1, -0.05) is 48.5 Å². The van der Waals surface area contributed by atoms with Gasteiger partial charge in [0.2, 0.25) is 0 Å². The van der Waals surface area contributed by atoms with Crippen LogP contribution in [0, 0.1) is 0 Å². The van der Waals surface area contributed by atoms with E-state index in [1.807, 2.05) is 60.7 Å². The van der Waals surface area contributed by atoms with Crippen LogP contribution >= 0.6 is 0 Å². The van der Waals surface area contributed by atoms with E-state index in [1.54, 1.807) is 7.05 Å².